The van der Waals surface area contributed by atoms with E-state index < -0.39 is 0 Å². The number of rotatable bonds is 6. The molecular weight excluding hydrogens is 314 g/mol. The van der Waals surface area contributed by atoms with Crippen molar-refractivity contribution >= 4 is 39.2 Å². The van der Waals surface area contributed by atoms with Gasteiger partial charge in [-0.3, -0.25) is 4.79 Å². The Bertz CT molecular complexity index is 682. The van der Waals surface area contributed by atoms with Crippen molar-refractivity contribution in [2.24, 2.45) is 0 Å². The number of aryl methyl sites for hydroxylation is 3. The van der Waals surface area contributed by atoms with E-state index in [2.05, 4.69) is 36.1 Å². The quantitative estimate of drug-likeness (QED) is 0.639. The van der Waals surface area contributed by atoms with Gasteiger partial charge in [0.15, 0.2) is 0 Å². The van der Waals surface area contributed by atoms with Crippen LogP contribution in [-0.4, -0.2) is 27.7 Å². The van der Waals surface area contributed by atoms with Crippen molar-refractivity contribution < 1.29 is 4.79 Å². The second-order valence-electron chi connectivity index (χ2n) is 5.59. The van der Waals surface area contributed by atoms with Crippen LogP contribution in [0.5, 0.6) is 0 Å². The molecule has 0 saturated carbocycles. The van der Waals surface area contributed by atoms with Crippen LogP contribution in [0.25, 0.3) is 10.2 Å². The summed E-state index contributed by atoms with van der Waals surface area (Å²) in [5, 5.41) is 5.06. The highest BCUT2D eigenvalue weighted by atomic mass is 32.2. The van der Waals surface area contributed by atoms with Crippen LogP contribution < -0.4 is 5.32 Å². The summed E-state index contributed by atoms with van der Waals surface area (Å²) < 4.78 is 0. The SMILES string of the molecule is CCCC(C)NC(=O)CSc1nc(C)nc2sc(C)c(C)c12. The zero-order chi connectivity index (χ0) is 16.3. The number of nitrogens with one attached hydrogen (secondary N) is 1. The molecule has 0 saturated heterocycles. The van der Waals surface area contributed by atoms with Gasteiger partial charge in [-0.05, 0) is 39.7 Å². The van der Waals surface area contributed by atoms with Crippen LogP contribution in [0.1, 0.15) is 43.0 Å². The molecule has 0 radical (unpaired) electrons. The van der Waals surface area contributed by atoms with Crippen LogP contribution in [0.2, 0.25) is 0 Å². The summed E-state index contributed by atoms with van der Waals surface area (Å²) in [6, 6.07) is 0.232. The van der Waals surface area contributed by atoms with Gasteiger partial charge < -0.3 is 5.32 Å². The van der Waals surface area contributed by atoms with Crippen molar-refractivity contribution in [2.75, 3.05) is 5.75 Å². The number of amides is 1. The van der Waals surface area contributed by atoms with E-state index in [1.165, 1.54) is 22.2 Å². The van der Waals surface area contributed by atoms with Gasteiger partial charge in [0.1, 0.15) is 15.7 Å². The van der Waals surface area contributed by atoms with Gasteiger partial charge in [-0.1, -0.05) is 25.1 Å². The maximum absolute atomic E-state index is 12.0. The van der Waals surface area contributed by atoms with E-state index in [0.29, 0.717) is 5.75 Å². The number of carbonyl (C=O) groups is 1. The van der Waals surface area contributed by atoms with Crippen molar-refractivity contribution in [3.8, 4) is 0 Å². The van der Waals surface area contributed by atoms with E-state index in [4.69, 9.17) is 0 Å². The third-order valence-electron chi connectivity index (χ3n) is 3.58. The Hall–Kier alpha value is -1.14. The van der Waals surface area contributed by atoms with Crippen molar-refractivity contribution in [2.45, 2.75) is 58.5 Å². The second-order valence-corrected chi connectivity index (χ2v) is 7.75. The minimum absolute atomic E-state index is 0.0694. The van der Waals surface area contributed by atoms with Crippen LogP contribution in [-0.2, 0) is 4.79 Å². The Morgan fingerprint density at radius 2 is 2.05 bits per heavy atom. The van der Waals surface area contributed by atoms with Crippen molar-refractivity contribution in [1.82, 2.24) is 15.3 Å². The van der Waals surface area contributed by atoms with Gasteiger partial charge in [-0.25, -0.2) is 9.97 Å². The summed E-state index contributed by atoms with van der Waals surface area (Å²) in [5.41, 5.74) is 1.22. The van der Waals surface area contributed by atoms with Crippen molar-refractivity contribution in [3.63, 3.8) is 0 Å². The van der Waals surface area contributed by atoms with Crippen LogP contribution in [0.4, 0.5) is 0 Å². The number of hydrogen-bond donors (Lipinski definition) is 1. The molecule has 0 aliphatic carbocycles. The molecule has 1 N–H and O–H groups in total. The zero-order valence-electron chi connectivity index (χ0n) is 13.8. The summed E-state index contributed by atoms with van der Waals surface area (Å²) in [6.07, 6.45) is 2.09. The third kappa shape index (κ3) is 3.98. The molecule has 0 fully saturated rings. The summed E-state index contributed by atoms with van der Waals surface area (Å²) >= 11 is 3.20. The van der Waals surface area contributed by atoms with Gasteiger partial charge in [-0.15, -0.1) is 11.3 Å². The number of nitrogens with zero attached hydrogens (tertiary/aromatic N) is 2. The first-order valence-electron chi connectivity index (χ1n) is 7.58. The Morgan fingerprint density at radius 3 is 2.73 bits per heavy atom. The topological polar surface area (TPSA) is 54.9 Å². The number of carbonyl (C=O) groups excluding carboxylic acids is 1. The predicted octanol–water partition coefficient (Wildman–Crippen LogP) is 4.01. The molecule has 2 aromatic rings. The fraction of sp³-hybridized carbons (Fsp3) is 0.562. The largest absolute Gasteiger partial charge is 0.353 e. The first kappa shape index (κ1) is 17.2. The minimum atomic E-state index is 0.0694. The number of thioether (sulfide) groups is 1. The second kappa shape index (κ2) is 7.42. The van der Waals surface area contributed by atoms with E-state index in [1.54, 1.807) is 11.3 Å². The van der Waals surface area contributed by atoms with E-state index in [1.807, 2.05) is 13.8 Å². The Balaban J connectivity index is 2.13. The van der Waals surface area contributed by atoms with Gasteiger partial charge >= 0.3 is 0 Å². The highest BCUT2D eigenvalue weighted by Gasteiger charge is 2.15. The molecule has 0 aliphatic heterocycles. The molecule has 2 aromatic heterocycles. The molecule has 0 aromatic carbocycles. The van der Waals surface area contributed by atoms with Crippen LogP contribution in [0.15, 0.2) is 5.03 Å². The summed E-state index contributed by atoms with van der Waals surface area (Å²) in [4.78, 5) is 23.4. The molecular formula is C16H23N3OS2. The van der Waals surface area contributed by atoms with Gasteiger partial charge in [-0.2, -0.15) is 0 Å². The molecule has 6 heteroatoms. The monoisotopic (exact) mass is 337 g/mol. The van der Waals surface area contributed by atoms with Gasteiger partial charge in [0.25, 0.3) is 0 Å². The normalized spacial score (nSPS) is 12.6. The highest BCUT2D eigenvalue weighted by Crippen LogP contribution is 2.34. The molecule has 4 nitrogen and oxygen atoms in total. The molecule has 0 bridgehead atoms. The number of aromatic nitrogens is 2. The first-order valence-corrected chi connectivity index (χ1v) is 9.39. The molecule has 1 unspecified atom stereocenters. The van der Waals surface area contributed by atoms with E-state index >= 15 is 0 Å². The fourth-order valence-corrected chi connectivity index (χ4v) is 4.46. The molecule has 0 aliphatic rings. The standard InChI is InChI=1S/C16H23N3OS2/c1-6-7-9(2)17-13(20)8-21-15-14-10(3)11(4)22-16(14)19-12(5)18-15/h9H,6-8H2,1-5H3,(H,17,20). The Morgan fingerprint density at radius 1 is 1.32 bits per heavy atom. The van der Waals surface area contributed by atoms with Crippen LogP contribution in [0, 0.1) is 20.8 Å². The van der Waals surface area contributed by atoms with Crippen LogP contribution >= 0.6 is 23.1 Å². The van der Waals surface area contributed by atoms with E-state index in [9.17, 15) is 4.79 Å². The lowest BCUT2D eigenvalue weighted by atomic mass is 10.2. The molecule has 2 rings (SSSR count). The summed E-state index contributed by atoms with van der Waals surface area (Å²) in [5.74, 6) is 1.23. The van der Waals surface area contributed by atoms with Crippen LogP contribution in [0.3, 0.4) is 0 Å². The molecule has 2 heterocycles. The first-order chi connectivity index (χ1) is 10.4. The van der Waals surface area contributed by atoms with Crippen molar-refractivity contribution in [3.05, 3.63) is 16.3 Å². The minimum Gasteiger partial charge on any atom is -0.353 e. The maximum Gasteiger partial charge on any atom is 0.230 e. The maximum atomic E-state index is 12.0. The van der Waals surface area contributed by atoms with Gasteiger partial charge in [0, 0.05) is 16.3 Å². The summed E-state index contributed by atoms with van der Waals surface area (Å²) in [7, 11) is 0. The molecule has 1 amide bonds. The number of thiophene rings is 1. The van der Waals surface area contributed by atoms with Gasteiger partial charge in [0.05, 0.1) is 5.75 Å². The zero-order valence-corrected chi connectivity index (χ0v) is 15.5. The number of hydrogen-bond acceptors (Lipinski definition) is 5. The predicted molar refractivity (Wildman–Crippen MR) is 94.9 cm³/mol. The van der Waals surface area contributed by atoms with Gasteiger partial charge in [0.2, 0.25) is 5.91 Å². The van der Waals surface area contributed by atoms with E-state index in [-0.39, 0.29) is 11.9 Å². The Labute approximate surface area is 140 Å². The average Bonchev–Trinajstić information content (AvgIpc) is 2.71. The summed E-state index contributed by atoms with van der Waals surface area (Å²) in [6.45, 7) is 10.3. The smallest absolute Gasteiger partial charge is 0.230 e. The lowest BCUT2D eigenvalue weighted by molar-refractivity contribution is -0.119. The molecule has 1 atom stereocenters. The molecule has 22 heavy (non-hydrogen) atoms. The highest BCUT2D eigenvalue weighted by molar-refractivity contribution is 8.00. The lowest BCUT2D eigenvalue weighted by Gasteiger charge is -2.12. The molecule has 0 spiro atoms. The average molecular weight is 338 g/mol. The van der Waals surface area contributed by atoms with Crippen molar-refractivity contribution in [1.29, 1.82) is 0 Å². The van der Waals surface area contributed by atoms with E-state index in [0.717, 1.165) is 33.9 Å². The fourth-order valence-electron chi connectivity index (χ4n) is 2.37. The number of fused-ring (bicyclic) bond motifs is 1. The lowest BCUT2D eigenvalue weighted by Crippen LogP contribution is -2.33. The Kier molecular flexibility index (Phi) is 5.81. The third-order valence-corrected chi connectivity index (χ3v) is 5.65. The molecule has 120 valence electrons.